The summed E-state index contributed by atoms with van der Waals surface area (Å²) >= 11 is 6.07. The van der Waals surface area contributed by atoms with Gasteiger partial charge in [0.1, 0.15) is 34.4 Å². The van der Waals surface area contributed by atoms with E-state index in [-0.39, 0.29) is 94.8 Å². The average Bonchev–Trinajstić information content (AvgIpc) is 3.23. The SMILES string of the molecule is C.C.C.C.CC(C)(C)Oc1ccc(NC(=O)C(C)(C)C)nc1.CC(C)Oc1ccc(NC(=O)C(C)(C)C)cc1F.CC(C)Oc1ccc(NC(=O)C(C)C)c(Cl)c1.COc1cc(OC(C)C)ccc1NC(=O)C(C)C. The molecule has 0 aliphatic heterocycles. The number of amides is 4. The molecule has 4 N–H and O–H groups in total. The lowest BCUT2D eigenvalue weighted by Crippen LogP contribution is -2.28. The monoisotopic (exact) mass is 1070 g/mol. The van der Waals surface area contributed by atoms with E-state index in [0.29, 0.717) is 45.2 Å². The zero-order valence-corrected chi connectivity index (χ0v) is 46.4. The van der Waals surface area contributed by atoms with E-state index in [4.69, 9.17) is 35.3 Å². The van der Waals surface area contributed by atoms with E-state index in [9.17, 15) is 23.6 Å². The highest BCUT2D eigenvalue weighted by Crippen LogP contribution is 2.31. The first-order valence-corrected chi connectivity index (χ1v) is 24.2. The second-order valence-corrected chi connectivity index (χ2v) is 21.3. The molecule has 0 saturated heterocycles. The molecule has 0 atom stereocenters. The molecule has 16 heteroatoms. The summed E-state index contributed by atoms with van der Waals surface area (Å²) in [6, 6.07) is 18.6. The van der Waals surface area contributed by atoms with Crippen molar-refractivity contribution in [3.8, 4) is 28.7 Å². The summed E-state index contributed by atoms with van der Waals surface area (Å²) in [5.74, 6) is 2.54. The van der Waals surface area contributed by atoms with Crippen molar-refractivity contribution >= 4 is 58.1 Å². The lowest BCUT2D eigenvalue weighted by atomic mass is 9.95. The smallest absolute Gasteiger partial charge is 0.230 e. The summed E-state index contributed by atoms with van der Waals surface area (Å²) in [5, 5.41) is 11.5. The highest BCUT2D eigenvalue weighted by atomic mass is 35.5. The summed E-state index contributed by atoms with van der Waals surface area (Å²) in [4.78, 5) is 50.8. The van der Waals surface area contributed by atoms with Crippen molar-refractivity contribution in [2.45, 2.75) is 185 Å². The third-order valence-electron chi connectivity index (χ3n) is 8.74. The fourth-order valence-corrected chi connectivity index (χ4v) is 5.25. The van der Waals surface area contributed by atoms with Crippen molar-refractivity contribution in [3.05, 3.63) is 83.8 Å². The summed E-state index contributed by atoms with van der Waals surface area (Å²) in [6.45, 7) is 35.7. The second-order valence-electron chi connectivity index (χ2n) is 20.9. The van der Waals surface area contributed by atoms with Gasteiger partial charge in [-0.2, -0.15) is 0 Å². The van der Waals surface area contributed by atoms with Crippen molar-refractivity contribution in [3.63, 3.8) is 0 Å². The minimum Gasteiger partial charge on any atom is -0.494 e. The number of hydrogen-bond donors (Lipinski definition) is 4. The summed E-state index contributed by atoms with van der Waals surface area (Å²) in [6.07, 6.45) is 1.73. The molecule has 14 nitrogen and oxygen atoms in total. The number of rotatable bonds is 14. The van der Waals surface area contributed by atoms with Crippen LogP contribution in [0.25, 0.3) is 0 Å². The number of halogens is 2. The first-order chi connectivity index (χ1) is 32.6. The van der Waals surface area contributed by atoms with E-state index in [1.807, 2.05) is 117 Å². The molecule has 4 amide bonds. The number of hydrogen-bond acceptors (Lipinski definition) is 10. The van der Waals surface area contributed by atoms with Crippen LogP contribution >= 0.6 is 11.6 Å². The van der Waals surface area contributed by atoms with Gasteiger partial charge in [0.15, 0.2) is 11.6 Å². The van der Waals surface area contributed by atoms with Crippen molar-refractivity contribution < 1.29 is 47.3 Å². The Balaban J connectivity index is -0.000000440. The lowest BCUT2D eigenvalue weighted by molar-refractivity contribution is -0.123. The number of methoxy groups -OCH3 is 1. The van der Waals surface area contributed by atoms with E-state index in [1.54, 1.807) is 82.6 Å². The highest BCUT2D eigenvalue weighted by molar-refractivity contribution is 6.33. The van der Waals surface area contributed by atoms with Gasteiger partial charge < -0.3 is 45.0 Å². The quantitative estimate of drug-likeness (QED) is 0.0951. The number of nitrogens with zero attached hydrogens (tertiary/aromatic N) is 1. The zero-order valence-electron chi connectivity index (χ0n) is 45.7. The molecular weight excluding hydrogens is 977 g/mol. The van der Waals surface area contributed by atoms with E-state index in [1.165, 1.54) is 12.1 Å². The summed E-state index contributed by atoms with van der Waals surface area (Å²) in [5.41, 5.74) is 0.515. The molecule has 4 aromatic rings. The fourth-order valence-electron chi connectivity index (χ4n) is 5.04. The Kier molecular flexibility index (Phi) is 34.7. The van der Waals surface area contributed by atoms with Gasteiger partial charge in [-0.15, -0.1) is 0 Å². The van der Waals surface area contributed by atoms with Gasteiger partial charge >= 0.3 is 0 Å². The number of carbonyl (C=O) groups excluding carboxylic acids is 4. The van der Waals surface area contributed by atoms with E-state index >= 15 is 0 Å². The largest absolute Gasteiger partial charge is 0.494 e. The van der Waals surface area contributed by atoms with Gasteiger partial charge in [-0.05, 0) is 111 Å². The third-order valence-corrected chi connectivity index (χ3v) is 9.05. The maximum Gasteiger partial charge on any atom is 0.230 e. The Hall–Kier alpha value is -6.09. The molecule has 0 bridgehead atoms. The Labute approximate surface area is 457 Å². The zero-order chi connectivity index (χ0) is 54.6. The van der Waals surface area contributed by atoms with Gasteiger partial charge in [0, 0.05) is 46.6 Å². The topological polar surface area (TPSA) is 175 Å². The predicted molar refractivity (Wildman–Crippen MR) is 313 cm³/mol. The van der Waals surface area contributed by atoms with Crippen LogP contribution in [0.1, 0.15) is 161 Å². The van der Waals surface area contributed by atoms with Gasteiger partial charge in [-0.3, -0.25) is 19.2 Å². The molecule has 1 aromatic heterocycles. The number of aromatic nitrogens is 1. The standard InChI is InChI=1S/C14H20FNO2.C14H22N2O2.C14H21NO3.C13H18ClNO2.4CH4/c1-9(2)18-12-7-6-10(8-11(12)15)16-13(17)14(3,4)5;1-13(2,3)12(17)16-11-8-7-10(9-15-11)18-14(4,5)6;1-9(2)14(16)15-12-7-6-11(18-10(3)4)8-13(12)17-5;1-8(2)13(16)15-12-6-5-10(7-11(12)14)17-9(3)4;;;;/h6-9H,1-5H3,(H,16,17);7-9H,1-6H3,(H,15,16,17);6-10H,1-5H3,(H,15,16);5-9H,1-4H3,(H,15,16);4*1H4. The molecule has 0 aliphatic carbocycles. The molecule has 1 heterocycles. The van der Waals surface area contributed by atoms with Gasteiger partial charge in [0.25, 0.3) is 0 Å². The molecule has 426 valence electrons. The highest BCUT2D eigenvalue weighted by Gasteiger charge is 2.23. The molecule has 3 aromatic carbocycles. The van der Waals surface area contributed by atoms with Gasteiger partial charge in [0.05, 0.1) is 48.0 Å². The van der Waals surface area contributed by atoms with Crippen LogP contribution in [0.15, 0.2) is 72.9 Å². The van der Waals surface area contributed by atoms with Crippen LogP contribution in [-0.2, 0) is 19.2 Å². The predicted octanol–water partition coefficient (Wildman–Crippen LogP) is 16.2. The Morgan fingerprint density at radius 3 is 1.36 bits per heavy atom. The number of pyridine rings is 1. The summed E-state index contributed by atoms with van der Waals surface area (Å²) < 4.78 is 40.9. The van der Waals surface area contributed by atoms with E-state index in [2.05, 4.69) is 26.3 Å². The third kappa shape index (κ3) is 30.8. The van der Waals surface area contributed by atoms with Crippen LogP contribution in [0.2, 0.25) is 5.02 Å². The molecular formula is C59H97ClFN5O9. The first kappa shape index (κ1) is 75.4. The van der Waals surface area contributed by atoms with Crippen LogP contribution in [-0.4, -0.2) is 59.6 Å². The molecule has 75 heavy (non-hydrogen) atoms. The van der Waals surface area contributed by atoms with Crippen LogP contribution in [0.5, 0.6) is 28.7 Å². The van der Waals surface area contributed by atoms with Gasteiger partial charge in [-0.25, -0.2) is 9.37 Å². The lowest BCUT2D eigenvalue weighted by Gasteiger charge is -2.21. The maximum absolute atomic E-state index is 13.7. The Morgan fingerprint density at radius 2 is 0.973 bits per heavy atom. The Bertz CT molecular complexity index is 2320. The molecule has 0 spiro atoms. The molecule has 4 rings (SSSR count). The van der Waals surface area contributed by atoms with Crippen molar-refractivity contribution in [2.24, 2.45) is 22.7 Å². The van der Waals surface area contributed by atoms with Gasteiger partial charge in [0.2, 0.25) is 23.6 Å². The second kappa shape index (κ2) is 34.5. The van der Waals surface area contributed by atoms with E-state index in [0.717, 1.165) is 5.75 Å². The van der Waals surface area contributed by atoms with Crippen molar-refractivity contribution in [1.29, 1.82) is 0 Å². The molecule has 0 fully saturated rings. The number of nitrogens with one attached hydrogen (secondary N) is 4. The maximum atomic E-state index is 13.7. The van der Waals surface area contributed by atoms with Crippen LogP contribution in [0.3, 0.4) is 0 Å². The Morgan fingerprint density at radius 1 is 0.533 bits per heavy atom. The molecule has 0 radical (unpaired) electrons. The number of carbonyl (C=O) groups is 4. The normalized spacial score (nSPS) is 10.7. The van der Waals surface area contributed by atoms with Crippen LogP contribution < -0.4 is 45.0 Å². The molecule has 0 unspecified atom stereocenters. The number of ether oxygens (including phenoxy) is 5. The molecule has 0 saturated carbocycles. The van der Waals surface area contributed by atoms with Crippen molar-refractivity contribution in [1.82, 2.24) is 4.98 Å². The van der Waals surface area contributed by atoms with Crippen LogP contribution in [0, 0.1) is 28.5 Å². The minimum atomic E-state index is -0.510. The van der Waals surface area contributed by atoms with E-state index < -0.39 is 16.6 Å². The fraction of sp³-hybridized carbons (Fsp3) is 0.542. The number of benzene rings is 3. The first-order valence-electron chi connectivity index (χ1n) is 23.8. The summed E-state index contributed by atoms with van der Waals surface area (Å²) in [7, 11) is 1.57. The van der Waals surface area contributed by atoms with Crippen LogP contribution in [0.4, 0.5) is 27.3 Å². The van der Waals surface area contributed by atoms with Gasteiger partial charge in [-0.1, -0.05) is 111 Å². The average molecular weight is 1070 g/mol. The minimum absolute atomic E-state index is 0. The van der Waals surface area contributed by atoms with Crippen molar-refractivity contribution in [2.75, 3.05) is 28.4 Å². The molecule has 0 aliphatic rings. The number of anilines is 4.